The van der Waals surface area contributed by atoms with Gasteiger partial charge in [-0.15, -0.1) is 11.3 Å². The summed E-state index contributed by atoms with van der Waals surface area (Å²) in [6.07, 6.45) is 3.26. The number of nitrogens with zero attached hydrogens (tertiary/aromatic N) is 2. The van der Waals surface area contributed by atoms with Crippen LogP contribution in [0.1, 0.15) is 15.9 Å². The topological polar surface area (TPSA) is 70.1 Å². The molecule has 5 nitrogen and oxygen atoms in total. The maximum atomic E-state index is 12.4. The Morgan fingerprint density at radius 2 is 2.00 bits per heavy atom. The molecule has 0 atom stereocenters. The summed E-state index contributed by atoms with van der Waals surface area (Å²) >= 11 is 4.97. The summed E-state index contributed by atoms with van der Waals surface area (Å²) in [7, 11) is 0. The lowest BCUT2D eigenvalue weighted by molar-refractivity contribution is 0.0957. The molecule has 0 radical (unpaired) electrons. The normalized spacial score (nSPS) is 11.3. The molecule has 0 aliphatic rings. The van der Waals surface area contributed by atoms with Crippen LogP contribution < -0.4 is 5.43 Å². The van der Waals surface area contributed by atoms with Gasteiger partial charge in [0.25, 0.3) is 5.91 Å². The van der Waals surface area contributed by atoms with Crippen molar-refractivity contribution in [2.45, 2.75) is 0 Å². The number of aromatic amines is 1. The van der Waals surface area contributed by atoms with E-state index in [-0.39, 0.29) is 5.91 Å². The number of halogens is 1. The number of thiophene rings is 1. The maximum absolute atomic E-state index is 12.4. The average Bonchev–Trinajstić information content (AvgIpc) is 3.29. The molecule has 2 aromatic heterocycles. The van der Waals surface area contributed by atoms with Crippen molar-refractivity contribution >= 4 is 49.5 Å². The first-order valence-electron chi connectivity index (χ1n) is 7.81. The van der Waals surface area contributed by atoms with Gasteiger partial charge in [0.05, 0.1) is 23.7 Å². The fraction of sp³-hybridized carbons (Fsp3) is 0. The number of fused-ring (bicyclic) bond motifs is 1. The fourth-order valence-electron chi connectivity index (χ4n) is 2.62. The Labute approximate surface area is 161 Å². The predicted octanol–water partition coefficient (Wildman–Crippen LogP) is 4.82. The third-order valence-corrected chi connectivity index (χ3v) is 5.39. The largest absolute Gasteiger partial charge is 0.277 e. The SMILES string of the molecule is O=C(N/N=C\c1cn[nH]c1-c1ccc(Br)cc1)c1csc2ccccc12. The number of nitrogens with one attached hydrogen (secondary N) is 2. The molecule has 128 valence electrons. The molecule has 0 saturated carbocycles. The van der Waals surface area contributed by atoms with E-state index in [4.69, 9.17) is 0 Å². The van der Waals surface area contributed by atoms with Crippen molar-refractivity contribution in [2.24, 2.45) is 5.10 Å². The van der Waals surface area contributed by atoms with Gasteiger partial charge in [0.2, 0.25) is 0 Å². The Morgan fingerprint density at radius 3 is 2.85 bits per heavy atom. The van der Waals surface area contributed by atoms with Crippen molar-refractivity contribution in [3.63, 3.8) is 0 Å². The minimum atomic E-state index is -0.229. The molecular formula is C19H13BrN4OS. The standard InChI is InChI=1S/C19H13BrN4OS/c20-14-7-5-12(6-8-14)18-13(9-21-23-18)10-22-24-19(25)16-11-26-17-4-2-1-3-15(16)17/h1-11H,(H,21,23)(H,24,25)/b22-10-. The molecule has 7 heteroatoms. The van der Waals surface area contributed by atoms with Gasteiger partial charge in [-0.25, -0.2) is 5.43 Å². The summed E-state index contributed by atoms with van der Waals surface area (Å²) in [5.41, 5.74) is 5.85. The van der Waals surface area contributed by atoms with Crippen LogP contribution in [0.4, 0.5) is 0 Å². The Kier molecular flexibility index (Phi) is 4.64. The molecule has 0 aliphatic carbocycles. The Morgan fingerprint density at radius 1 is 1.19 bits per heavy atom. The molecule has 1 amide bonds. The van der Waals surface area contributed by atoms with Gasteiger partial charge in [-0.2, -0.15) is 10.2 Å². The highest BCUT2D eigenvalue weighted by Gasteiger charge is 2.11. The Hall–Kier alpha value is -2.77. The van der Waals surface area contributed by atoms with Crippen molar-refractivity contribution in [3.05, 3.63) is 75.7 Å². The van der Waals surface area contributed by atoms with Gasteiger partial charge in [-0.1, -0.05) is 46.3 Å². The highest BCUT2D eigenvalue weighted by atomic mass is 79.9. The molecule has 0 bridgehead atoms. The van der Waals surface area contributed by atoms with Crippen molar-refractivity contribution in [1.82, 2.24) is 15.6 Å². The summed E-state index contributed by atoms with van der Waals surface area (Å²) in [5, 5.41) is 13.9. The molecule has 0 unspecified atom stereocenters. The van der Waals surface area contributed by atoms with Crippen LogP contribution in [0, 0.1) is 0 Å². The second-order valence-corrected chi connectivity index (χ2v) is 7.38. The van der Waals surface area contributed by atoms with E-state index in [2.05, 4.69) is 36.7 Å². The fourth-order valence-corrected chi connectivity index (χ4v) is 3.82. The molecule has 2 aromatic carbocycles. The van der Waals surface area contributed by atoms with E-state index in [9.17, 15) is 4.79 Å². The van der Waals surface area contributed by atoms with Gasteiger partial charge in [-0.3, -0.25) is 9.89 Å². The minimum absolute atomic E-state index is 0.229. The number of amides is 1. The number of rotatable bonds is 4. The molecule has 4 rings (SSSR count). The van der Waals surface area contributed by atoms with Gasteiger partial charge >= 0.3 is 0 Å². The number of carbonyl (C=O) groups is 1. The quantitative estimate of drug-likeness (QED) is 0.364. The number of H-pyrrole nitrogens is 1. The summed E-state index contributed by atoms with van der Waals surface area (Å²) in [4.78, 5) is 12.4. The second kappa shape index (κ2) is 7.23. The Balaban J connectivity index is 1.52. The van der Waals surface area contributed by atoms with Gasteiger partial charge in [0, 0.05) is 31.1 Å². The van der Waals surface area contributed by atoms with Crippen LogP contribution in [-0.2, 0) is 0 Å². The molecule has 26 heavy (non-hydrogen) atoms. The maximum Gasteiger partial charge on any atom is 0.272 e. The van der Waals surface area contributed by atoms with Crippen LogP contribution in [0.3, 0.4) is 0 Å². The second-order valence-electron chi connectivity index (χ2n) is 5.55. The lowest BCUT2D eigenvalue weighted by atomic mass is 10.1. The number of hydrogen-bond donors (Lipinski definition) is 2. The van der Waals surface area contributed by atoms with E-state index in [1.54, 1.807) is 23.7 Å². The van der Waals surface area contributed by atoms with Gasteiger partial charge in [0.15, 0.2) is 0 Å². The smallest absolute Gasteiger partial charge is 0.272 e. The predicted molar refractivity (Wildman–Crippen MR) is 109 cm³/mol. The zero-order valence-corrected chi connectivity index (χ0v) is 15.8. The highest BCUT2D eigenvalue weighted by molar-refractivity contribution is 9.10. The molecule has 0 fully saturated rings. The number of aromatic nitrogens is 2. The zero-order valence-electron chi connectivity index (χ0n) is 13.4. The molecular weight excluding hydrogens is 412 g/mol. The monoisotopic (exact) mass is 424 g/mol. The van der Waals surface area contributed by atoms with Crippen molar-refractivity contribution in [1.29, 1.82) is 0 Å². The van der Waals surface area contributed by atoms with Crippen LogP contribution in [0.5, 0.6) is 0 Å². The highest BCUT2D eigenvalue weighted by Crippen LogP contribution is 2.25. The molecule has 0 saturated heterocycles. The van der Waals surface area contributed by atoms with Crippen LogP contribution in [-0.4, -0.2) is 22.3 Å². The van der Waals surface area contributed by atoms with Gasteiger partial charge < -0.3 is 0 Å². The molecule has 2 N–H and O–H groups in total. The first kappa shape index (κ1) is 16.7. The summed E-state index contributed by atoms with van der Waals surface area (Å²) in [5.74, 6) is -0.229. The number of hydrazone groups is 1. The average molecular weight is 425 g/mol. The van der Waals surface area contributed by atoms with E-state index < -0.39 is 0 Å². The molecule has 0 aliphatic heterocycles. The molecule has 0 spiro atoms. The first-order chi connectivity index (χ1) is 12.7. The van der Waals surface area contributed by atoms with E-state index in [0.29, 0.717) is 5.56 Å². The van der Waals surface area contributed by atoms with Crippen molar-refractivity contribution in [2.75, 3.05) is 0 Å². The summed E-state index contributed by atoms with van der Waals surface area (Å²) < 4.78 is 2.08. The van der Waals surface area contributed by atoms with Crippen molar-refractivity contribution in [3.8, 4) is 11.3 Å². The zero-order chi connectivity index (χ0) is 17.9. The minimum Gasteiger partial charge on any atom is -0.277 e. The number of benzene rings is 2. The molecule has 2 heterocycles. The third-order valence-electron chi connectivity index (χ3n) is 3.90. The lowest BCUT2D eigenvalue weighted by Crippen LogP contribution is -2.17. The van der Waals surface area contributed by atoms with Crippen molar-refractivity contribution < 1.29 is 4.79 Å². The number of carbonyl (C=O) groups excluding carboxylic acids is 1. The van der Waals surface area contributed by atoms with Gasteiger partial charge in [-0.05, 0) is 18.2 Å². The Bertz CT molecular complexity index is 1100. The number of hydrogen-bond acceptors (Lipinski definition) is 4. The van der Waals surface area contributed by atoms with Crippen LogP contribution in [0.15, 0.2) is 69.7 Å². The van der Waals surface area contributed by atoms with E-state index in [1.165, 1.54) is 0 Å². The van der Waals surface area contributed by atoms with Gasteiger partial charge in [0.1, 0.15) is 0 Å². The molecule has 4 aromatic rings. The first-order valence-corrected chi connectivity index (χ1v) is 9.48. The summed E-state index contributed by atoms with van der Waals surface area (Å²) in [6.45, 7) is 0. The third kappa shape index (κ3) is 3.31. The van der Waals surface area contributed by atoms with E-state index >= 15 is 0 Å². The summed E-state index contributed by atoms with van der Waals surface area (Å²) in [6, 6.07) is 15.7. The van der Waals surface area contributed by atoms with Crippen LogP contribution >= 0.6 is 27.3 Å². The van der Waals surface area contributed by atoms with Crippen LogP contribution in [0.2, 0.25) is 0 Å². The van der Waals surface area contributed by atoms with Crippen LogP contribution in [0.25, 0.3) is 21.3 Å². The van der Waals surface area contributed by atoms with E-state index in [1.807, 2.05) is 53.9 Å². The lowest BCUT2D eigenvalue weighted by Gasteiger charge is -2.01. The van der Waals surface area contributed by atoms with E-state index in [0.717, 1.165) is 31.4 Å².